The van der Waals surface area contributed by atoms with Gasteiger partial charge in [-0.15, -0.1) is 0 Å². The van der Waals surface area contributed by atoms with Gasteiger partial charge in [0.2, 0.25) is 0 Å². The van der Waals surface area contributed by atoms with Crippen molar-refractivity contribution >= 4 is 76.7 Å². The van der Waals surface area contributed by atoms with Crippen molar-refractivity contribution in [2.24, 2.45) is 5.73 Å². The van der Waals surface area contributed by atoms with Crippen molar-refractivity contribution in [2.75, 3.05) is 13.1 Å². The van der Waals surface area contributed by atoms with Crippen LogP contribution in [-0.4, -0.2) is 171 Å². The highest BCUT2D eigenvalue weighted by Gasteiger charge is 2.52. The number of hydrogen-bond donors (Lipinski definition) is 5. The van der Waals surface area contributed by atoms with E-state index < -0.39 is 56.7 Å². The summed E-state index contributed by atoms with van der Waals surface area (Å²) in [6, 6.07) is 5.72. The van der Waals surface area contributed by atoms with Crippen LogP contribution in [0.3, 0.4) is 0 Å². The number of ether oxygens (including phenoxy) is 4. The van der Waals surface area contributed by atoms with Crippen LogP contribution in [0.15, 0.2) is 90.8 Å². The van der Waals surface area contributed by atoms with Crippen molar-refractivity contribution in [3.8, 4) is 0 Å². The molecule has 5 fully saturated rings. The van der Waals surface area contributed by atoms with Crippen molar-refractivity contribution in [3.05, 3.63) is 159 Å². The molecule has 0 bridgehead atoms. The molecule has 620 valence electrons. The van der Waals surface area contributed by atoms with Crippen LogP contribution in [0.4, 0.5) is 19.2 Å². The van der Waals surface area contributed by atoms with Gasteiger partial charge in [0, 0.05) is 68.9 Å². The van der Waals surface area contributed by atoms with Crippen LogP contribution in [0, 0.1) is 20.8 Å². The van der Waals surface area contributed by atoms with Gasteiger partial charge in [0.1, 0.15) is 44.8 Å². The number of pyridine rings is 1. The Kier molecular flexibility index (Phi) is 31.8. The molecule has 5 aliphatic carbocycles. The Morgan fingerprint density at radius 2 is 0.707 bits per heavy atom. The summed E-state index contributed by atoms with van der Waals surface area (Å²) in [5, 5.41) is 20.6. The predicted octanol–water partition coefficient (Wildman–Crippen LogP) is 8.05. The van der Waals surface area contributed by atoms with E-state index in [4.69, 9.17) is 63.0 Å². The first-order valence-corrected chi connectivity index (χ1v) is 37.5. The third-order valence-electron chi connectivity index (χ3n) is 17.4. The molecule has 6 N–H and O–H groups in total. The standard InChI is InChI=1S/C20H26N6O3.C20H25N5O3.C13H19N3O2.C12H16BrN3O2.C8H11N3.4CO2/c1-13-9-21-17(22-10-13)20(5-6-20)24-16(27)14-11-23-26-8-7-25(12-15(14)26)18(28)29-19(2,3)4;1-19(2,3)28-18(27)24-10-11-25-15(13-24)14(12-22-25)17(26)23-20(7-8-20)16-6-4-5-9-21-16;1-9-7-14-10(15-8-9)13(5-6-13)16-11(17)18-12(2,3)4;1-11(2,3)18-10(17)16-12(4-5-12)9-14-6-8(13)7-15-9;1-6-4-10-7(11-5-6)8(9)2-3-8;4*2-1-3/h9-11H,5-8,12H2,1-4H3,(H,24,27);4-6,9,12H,7-8,10-11,13H2,1-3H3,(H,23,26);7-8H,5-6H2,1-4H3,(H,16,17);6-7H,4-5H2,1-3H3,(H,16,17);4-5H,2-3,9H2,1H3;;;;. The maximum Gasteiger partial charge on any atom is 0.410 e. The molecule has 7 aromatic rings. The molecule has 116 heavy (non-hydrogen) atoms. The van der Waals surface area contributed by atoms with E-state index in [-0.39, 0.29) is 60.7 Å². The number of hydrogen-bond acceptors (Lipinski definition) is 30. The average Bonchev–Trinajstić information content (AvgIpc) is 1.63. The normalized spacial score (nSPS) is 16.1. The lowest BCUT2D eigenvalue weighted by Gasteiger charge is -2.30. The van der Waals surface area contributed by atoms with Gasteiger partial charge in [-0.05, 0) is 213 Å². The van der Waals surface area contributed by atoms with Gasteiger partial charge in [-0.1, -0.05) is 6.07 Å². The second-order valence-corrected chi connectivity index (χ2v) is 32.8. The minimum absolute atomic E-state index is 0.185. The molecule has 0 atom stereocenters. The molecule has 7 aliphatic rings. The van der Waals surface area contributed by atoms with E-state index in [0.29, 0.717) is 67.0 Å². The smallest absolute Gasteiger partial charge is 0.410 e. The lowest BCUT2D eigenvalue weighted by molar-refractivity contribution is -0.193. The molecule has 0 aromatic carbocycles. The Labute approximate surface area is 677 Å². The molecular weight excluding hydrogens is 1570 g/mol. The van der Waals surface area contributed by atoms with E-state index in [1.54, 1.807) is 74.9 Å². The molecule has 6 amide bonds. The fourth-order valence-electron chi connectivity index (χ4n) is 11.1. The number of carbonyl (C=O) groups is 6. The fourth-order valence-corrected chi connectivity index (χ4v) is 11.3. The number of halogens is 1. The number of alkyl carbamates (subject to hydrolysis) is 2. The van der Waals surface area contributed by atoms with Gasteiger partial charge in [0.05, 0.1) is 82.3 Å². The van der Waals surface area contributed by atoms with Crippen molar-refractivity contribution in [1.29, 1.82) is 0 Å². The van der Waals surface area contributed by atoms with Crippen molar-refractivity contribution in [2.45, 2.75) is 244 Å². The van der Waals surface area contributed by atoms with Crippen molar-refractivity contribution in [3.63, 3.8) is 0 Å². The predicted molar refractivity (Wildman–Crippen MR) is 404 cm³/mol. The van der Waals surface area contributed by atoms with Gasteiger partial charge < -0.3 is 55.7 Å². The number of nitrogens with two attached hydrogens (primary N) is 1. The SMILES string of the molecule is CC(C)(C)OC(=O)N1CCn2ncc(C(=O)NC3(c4ccccn4)CC3)c2C1.CC(C)(C)OC(=O)NC1(c2ncc(Br)cn2)CC1.Cc1cnc(C2(N)CC2)nc1.Cc1cnc(C2(NC(=O)OC(C)(C)C)CC2)nc1.Cc1cnc(C2(NC(=O)c3cnn4c3CN(C(=O)OC(C)(C)C)CC4)CC2)nc1.O=C=O.O=C=O.O=C=O.O=C=O. The summed E-state index contributed by atoms with van der Waals surface area (Å²) in [7, 11) is 0. The van der Waals surface area contributed by atoms with E-state index in [1.165, 1.54) is 0 Å². The maximum atomic E-state index is 13.0. The quantitative estimate of drug-likeness (QED) is 0.0764. The third kappa shape index (κ3) is 28.5. The van der Waals surface area contributed by atoms with E-state index in [9.17, 15) is 28.8 Å². The topological polar surface area (TPSA) is 508 Å². The van der Waals surface area contributed by atoms with Gasteiger partial charge in [-0.2, -0.15) is 48.6 Å². The summed E-state index contributed by atoms with van der Waals surface area (Å²) >= 11 is 3.29. The monoisotopic (exact) mass is 1670 g/mol. The second-order valence-electron chi connectivity index (χ2n) is 31.9. The molecule has 0 spiro atoms. The van der Waals surface area contributed by atoms with E-state index >= 15 is 0 Å². The number of aromatic nitrogens is 13. The Bertz CT molecular complexity index is 4510. The first-order chi connectivity index (χ1) is 54.4. The highest BCUT2D eigenvalue weighted by molar-refractivity contribution is 9.10. The summed E-state index contributed by atoms with van der Waals surface area (Å²) < 4.78 is 25.8. The number of carbonyl (C=O) groups excluding carboxylic acids is 14. The van der Waals surface area contributed by atoms with E-state index in [1.807, 2.05) is 134 Å². The molecule has 5 saturated carbocycles. The van der Waals surface area contributed by atoms with E-state index in [0.717, 1.165) is 103 Å². The summed E-state index contributed by atoms with van der Waals surface area (Å²) in [5.41, 5.74) is 8.15. The molecule has 0 radical (unpaired) electrons. The van der Waals surface area contributed by atoms with Gasteiger partial charge >= 0.3 is 49.0 Å². The molecule has 38 nitrogen and oxygen atoms in total. The summed E-state index contributed by atoms with van der Waals surface area (Å²) in [6.45, 7) is 30.5. The third-order valence-corrected chi connectivity index (χ3v) is 17.8. The molecule has 39 heteroatoms. The highest BCUT2D eigenvalue weighted by Crippen LogP contribution is 2.47. The van der Waals surface area contributed by atoms with E-state index in [2.05, 4.69) is 92.3 Å². The summed E-state index contributed by atoms with van der Waals surface area (Å²) in [6.07, 6.45) is 27.1. The first-order valence-electron chi connectivity index (χ1n) is 36.7. The Morgan fingerprint density at radius 3 is 1.00 bits per heavy atom. The zero-order valence-electron chi connectivity index (χ0n) is 67.4. The van der Waals surface area contributed by atoms with Crippen LogP contribution in [-0.2, 0) is 111 Å². The summed E-state index contributed by atoms with van der Waals surface area (Å²) in [4.78, 5) is 181. The molecule has 7 aromatic heterocycles. The van der Waals surface area contributed by atoms with Crippen LogP contribution >= 0.6 is 15.9 Å². The van der Waals surface area contributed by atoms with Crippen molar-refractivity contribution in [1.82, 2.24) is 95.5 Å². The van der Waals surface area contributed by atoms with Crippen LogP contribution < -0.4 is 27.0 Å². The molecule has 0 saturated heterocycles. The minimum atomic E-state index is -0.568. The first kappa shape index (κ1) is 92.7. The lowest BCUT2D eigenvalue weighted by Crippen LogP contribution is -2.42. The Hall–Kier alpha value is -12.1. The number of amides is 6. The fraction of sp³-hybridized carbons (Fsp3) is 0.519. The molecule has 2 aliphatic heterocycles. The average molecular weight is 1670 g/mol. The van der Waals surface area contributed by atoms with Gasteiger partial charge in [0.15, 0.2) is 17.5 Å². The van der Waals surface area contributed by atoms with Gasteiger partial charge in [0.25, 0.3) is 11.8 Å². The van der Waals surface area contributed by atoms with Crippen LogP contribution in [0.25, 0.3) is 0 Å². The number of nitrogens with zero attached hydrogens (tertiary/aromatic N) is 15. The number of fused-ring (bicyclic) bond motifs is 2. The largest absolute Gasteiger partial charge is 0.444 e. The number of aryl methyl sites for hydroxylation is 3. The van der Waals surface area contributed by atoms with Crippen LogP contribution in [0.5, 0.6) is 0 Å². The molecular formula is C77H97BrN20O18. The Morgan fingerprint density at radius 1 is 0.405 bits per heavy atom. The number of nitrogens with one attached hydrogen (secondary N) is 4. The van der Waals surface area contributed by atoms with Crippen LogP contribution in [0.2, 0.25) is 0 Å². The maximum absolute atomic E-state index is 13.0. The summed E-state index contributed by atoms with van der Waals surface area (Å²) in [5.74, 6) is 2.32. The second kappa shape index (κ2) is 39.8. The zero-order chi connectivity index (χ0) is 86.3. The Balaban J connectivity index is 0.000000223. The minimum Gasteiger partial charge on any atom is -0.444 e. The zero-order valence-corrected chi connectivity index (χ0v) is 69.0. The highest BCUT2D eigenvalue weighted by atomic mass is 79.9. The van der Waals surface area contributed by atoms with Gasteiger partial charge in [-0.3, -0.25) is 23.9 Å². The van der Waals surface area contributed by atoms with Gasteiger partial charge in [-0.25, -0.2) is 59.0 Å². The number of rotatable bonds is 11. The van der Waals surface area contributed by atoms with Crippen LogP contribution in [0.1, 0.15) is 225 Å². The van der Waals surface area contributed by atoms with Crippen molar-refractivity contribution < 1.29 is 86.1 Å². The molecule has 14 rings (SSSR count). The molecule has 9 heterocycles. The lowest BCUT2D eigenvalue weighted by atomic mass is 10.1. The molecule has 0 unspecified atom stereocenters.